The second kappa shape index (κ2) is 11.6. The summed E-state index contributed by atoms with van der Waals surface area (Å²) in [6.07, 6.45) is 3.54. The third-order valence-corrected chi connectivity index (χ3v) is 7.54. The number of esters is 1. The maximum atomic E-state index is 14.1. The Kier molecular flexibility index (Phi) is 9.01. The maximum Gasteiger partial charge on any atom is 0.311 e. The molecule has 0 saturated carbocycles. The molecular weight excluding hydrogens is 478 g/mol. The molecule has 3 rings (SSSR count). The van der Waals surface area contributed by atoms with E-state index in [1.54, 1.807) is 13.2 Å². The molecule has 36 heavy (non-hydrogen) atoms. The predicted octanol–water partition coefficient (Wildman–Crippen LogP) is 5.43. The number of benzene rings is 1. The van der Waals surface area contributed by atoms with Gasteiger partial charge in [0.2, 0.25) is 5.91 Å². The molecule has 2 heterocycles. The highest BCUT2D eigenvalue weighted by molar-refractivity contribution is 6.29. The number of anilines is 1. The third kappa shape index (κ3) is 6.01. The Balaban J connectivity index is 1.89. The number of methoxy groups -OCH3 is 2. The number of aromatic nitrogens is 1. The van der Waals surface area contributed by atoms with Crippen molar-refractivity contribution in [3.8, 4) is 5.75 Å². The summed E-state index contributed by atoms with van der Waals surface area (Å²) >= 11 is 6.03. The Morgan fingerprint density at radius 3 is 2.47 bits per heavy atom. The van der Waals surface area contributed by atoms with Gasteiger partial charge in [0.15, 0.2) is 0 Å². The molecule has 196 valence electrons. The number of nitrogens with one attached hydrogen (secondary N) is 1. The lowest BCUT2D eigenvalue weighted by atomic mass is 9.69. The van der Waals surface area contributed by atoms with Gasteiger partial charge in [0.25, 0.3) is 0 Å². The summed E-state index contributed by atoms with van der Waals surface area (Å²) < 4.78 is 10.4. The average molecular weight is 516 g/mol. The second-order valence-corrected chi connectivity index (χ2v) is 10.8. The maximum absolute atomic E-state index is 14.1. The van der Waals surface area contributed by atoms with Crippen LogP contribution in [0.4, 0.5) is 5.69 Å². The lowest BCUT2D eigenvalue weighted by Gasteiger charge is -2.43. The fourth-order valence-corrected chi connectivity index (χ4v) is 5.09. The van der Waals surface area contributed by atoms with Gasteiger partial charge in [0, 0.05) is 6.07 Å². The standard InChI is InChI=1S/C28H38ClN3O4/c1-19(2)20-9-7-8-10-21(20)28(25(33)31-22-18-30-24(29)17-23(22)35-5)12-15-32(16-13-28)14-11-27(3,4)26(34)36-6/h7-10,17-19H,11-16H2,1-6H3,(H,31,33). The molecule has 0 radical (unpaired) electrons. The van der Waals surface area contributed by atoms with Crippen LogP contribution in [0.2, 0.25) is 5.15 Å². The number of ether oxygens (including phenoxy) is 2. The van der Waals surface area contributed by atoms with Gasteiger partial charge < -0.3 is 19.7 Å². The van der Waals surface area contributed by atoms with Crippen molar-refractivity contribution in [2.45, 2.75) is 58.3 Å². The topological polar surface area (TPSA) is 80.8 Å². The van der Waals surface area contributed by atoms with Crippen molar-refractivity contribution in [2.24, 2.45) is 5.41 Å². The fourth-order valence-electron chi connectivity index (χ4n) is 4.95. The van der Waals surface area contributed by atoms with Crippen LogP contribution in [0.5, 0.6) is 5.75 Å². The van der Waals surface area contributed by atoms with Gasteiger partial charge in [-0.2, -0.15) is 0 Å². The monoisotopic (exact) mass is 515 g/mol. The fraction of sp³-hybridized carbons (Fsp3) is 0.536. The number of rotatable bonds is 9. The Morgan fingerprint density at radius 2 is 1.86 bits per heavy atom. The van der Waals surface area contributed by atoms with E-state index in [2.05, 4.69) is 41.2 Å². The van der Waals surface area contributed by atoms with E-state index in [0.29, 0.717) is 35.9 Å². The highest BCUT2D eigenvalue weighted by Gasteiger charge is 2.45. The van der Waals surface area contributed by atoms with Crippen molar-refractivity contribution in [1.82, 2.24) is 9.88 Å². The smallest absolute Gasteiger partial charge is 0.311 e. The summed E-state index contributed by atoms with van der Waals surface area (Å²) in [5.74, 6) is 0.465. The predicted molar refractivity (Wildman–Crippen MR) is 143 cm³/mol. The Labute approximate surface area is 219 Å². The van der Waals surface area contributed by atoms with Crippen LogP contribution in [0.3, 0.4) is 0 Å². The second-order valence-electron chi connectivity index (χ2n) is 10.5. The third-order valence-electron chi connectivity index (χ3n) is 7.33. The lowest BCUT2D eigenvalue weighted by Crippen LogP contribution is -2.50. The van der Waals surface area contributed by atoms with Crippen LogP contribution in [0.1, 0.15) is 64.0 Å². The first-order valence-corrected chi connectivity index (χ1v) is 12.8. The largest absolute Gasteiger partial charge is 0.494 e. The lowest BCUT2D eigenvalue weighted by molar-refractivity contribution is -0.151. The van der Waals surface area contributed by atoms with Crippen molar-refractivity contribution < 1.29 is 19.1 Å². The molecule has 0 spiro atoms. The number of nitrogens with zero attached hydrogens (tertiary/aromatic N) is 2. The molecule has 8 heteroatoms. The molecule has 1 N–H and O–H groups in total. The molecule has 1 aromatic heterocycles. The van der Waals surface area contributed by atoms with Gasteiger partial charge in [-0.3, -0.25) is 9.59 Å². The highest BCUT2D eigenvalue weighted by atomic mass is 35.5. The average Bonchev–Trinajstić information content (AvgIpc) is 2.88. The van der Waals surface area contributed by atoms with Crippen molar-refractivity contribution in [2.75, 3.05) is 39.2 Å². The number of carbonyl (C=O) groups is 2. The summed E-state index contributed by atoms with van der Waals surface area (Å²) in [4.78, 5) is 32.6. The summed E-state index contributed by atoms with van der Waals surface area (Å²) in [6.45, 7) is 10.4. The van der Waals surface area contributed by atoms with Gasteiger partial charge in [-0.25, -0.2) is 4.98 Å². The van der Waals surface area contributed by atoms with Crippen LogP contribution in [-0.4, -0.2) is 55.6 Å². The first-order chi connectivity index (χ1) is 17.0. The first kappa shape index (κ1) is 27.9. The highest BCUT2D eigenvalue weighted by Crippen LogP contribution is 2.41. The van der Waals surface area contributed by atoms with E-state index in [-0.39, 0.29) is 17.8 Å². The molecule has 0 unspecified atom stereocenters. The van der Waals surface area contributed by atoms with E-state index < -0.39 is 10.8 Å². The van der Waals surface area contributed by atoms with E-state index in [9.17, 15) is 9.59 Å². The summed E-state index contributed by atoms with van der Waals surface area (Å²) in [6, 6.07) is 9.83. The van der Waals surface area contributed by atoms with Gasteiger partial charge in [0.05, 0.1) is 31.2 Å². The quantitative estimate of drug-likeness (QED) is 0.354. The van der Waals surface area contributed by atoms with Crippen molar-refractivity contribution >= 4 is 29.2 Å². The van der Waals surface area contributed by atoms with E-state index in [1.807, 2.05) is 26.0 Å². The minimum absolute atomic E-state index is 0.0763. The number of piperidine rings is 1. The summed E-state index contributed by atoms with van der Waals surface area (Å²) in [5.41, 5.74) is 1.47. The minimum Gasteiger partial charge on any atom is -0.494 e. The number of pyridine rings is 1. The molecule has 1 aliphatic heterocycles. The molecule has 0 atom stereocenters. The van der Waals surface area contributed by atoms with Crippen LogP contribution >= 0.6 is 11.6 Å². The number of carbonyl (C=O) groups excluding carboxylic acids is 2. The zero-order valence-corrected chi connectivity index (χ0v) is 22.9. The Morgan fingerprint density at radius 1 is 1.19 bits per heavy atom. The Hall–Kier alpha value is -2.64. The molecule has 0 aliphatic carbocycles. The van der Waals surface area contributed by atoms with E-state index in [0.717, 1.165) is 25.2 Å². The molecule has 7 nitrogen and oxygen atoms in total. The van der Waals surface area contributed by atoms with Gasteiger partial charge in [-0.1, -0.05) is 49.7 Å². The number of amides is 1. The number of likely N-dealkylation sites (tertiary alicyclic amines) is 1. The van der Waals surface area contributed by atoms with E-state index >= 15 is 0 Å². The number of halogens is 1. The summed E-state index contributed by atoms with van der Waals surface area (Å²) in [5, 5.41) is 3.39. The molecule has 2 aromatic rings. The zero-order chi connectivity index (χ0) is 26.5. The number of hydrogen-bond donors (Lipinski definition) is 1. The minimum atomic E-state index is -0.708. The van der Waals surface area contributed by atoms with Gasteiger partial charge in [-0.15, -0.1) is 0 Å². The van der Waals surface area contributed by atoms with Crippen LogP contribution in [0.15, 0.2) is 36.5 Å². The van der Waals surface area contributed by atoms with E-state index in [4.69, 9.17) is 21.1 Å². The first-order valence-electron chi connectivity index (χ1n) is 12.4. The van der Waals surface area contributed by atoms with Crippen LogP contribution in [0, 0.1) is 5.41 Å². The van der Waals surface area contributed by atoms with Crippen LogP contribution < -0.4 is 10.1 Å². The molecule has 1 aliphatic rings. The molecule has 1 aromatic carbocycles. The zero-order valence-electron chi connectivity index (χ0n) is 22.2. The van der Waals surface area contributed by atoms with Gasteiger partial charge >= 0.3 is 5.97 Å². The normalized spacial score (nSPS) is 16.0. The summed E-state index contributed by atoms with van der Waals surface area (Å²) in [7, 11) is 2.97. The molecular formula is C28H38ClN3O4. The molecule has 1 amide bonds. The van der Waals surface area contributed by atoms with Crippen molar-refractivity contribution in [3.63, 3.8) is 0 Å². The molecule has 1 saturated heterocycles. The van der Waals surface area contributed by atoms with Crippen molar-refractivity contribution in [3.05, 3.63) is 52.8 Å². The van der Waals surface area contributed by atoms with Crippen LogP contribution in [-0.2, 0) is 19.7 Å². The molecule has 1 fully saturated rings. The molecule has 0 bridgehead atoms. The number of hydrogen-bond acceptors (Lipinski definition) is 6. The van der Waals surface area contributed by atoms with Crippen LogP contribution in [0.25, 0.3) is 0 Å². The SMILES string of the molecule is COC(=O)C(C)(C)CCN1CCC(C(=O)Nc2cnc(Cl)cc2OC)(c2ccccc2C(C)C)CC1. The van der Waals surface area contributed by atoms with Gasteiger partial charge in [-0.05, 0) is 69.8 Å². The van der Waals surface area contributed by atoms with Gasteiger partial charge in [0.1, 0.15) is 16.6 Å². The Bertz CT molecular complexity index is 1080. The van der Waals surface area contributed by atoms with E-state index in [1.165, 1.54) is 18.9 Å². The van der Waals surface area contributed by atoms with Crippen molar-refractivity contribution in [1.29, 1.82) is 0 Å².